The van der Waals surface area contributed by atoms with Gasteiger partial charge in [0.1, 0.15) is 0 Å². The van der Waals surface area contributed by atoms with Crippen LogP contribution >= 0.6 is 11.3 Å². The molecule has 0 radical (unpaired) electrons. The van der Waals surface area contributed by atoms with Gasteiger partial charge in [-0.25, -0.2) is 4.79 Å². The maximum absolute atomic E-state index is 13.3. The van der Waals surface area contributed by atoms with Gasteiger partial charge in [-0.3, -0.25) is 4.57 Å². The summed E-state index contributed by atoms with van der Waals surface area (Å²) in [6.07, 6.45) is -1.90. The van der Waals surface area contributed by atoms with E-state index in [0.29, 0.717) is 17.0 Å². The first-order chi connectivity index (χ1) is 13.8. The summed E-state index contributed by atoms with van der Waals surface area (Å²) in [4.78, 5) is 19.7. The van der Waals surface area contributed by atoms with Crippen molar-refractivity contribution in [1.82, 2.24) is 9.47 Å². The first-order valence-electron chi connectivity index (χ1n) is 8.74. The Bertz CT molecular complexity index is 1130. The van der Waals surface area contributed by atoms with Crippen molar-refractivity contribution in [2.24, 2.45) is 4.99 Å². The van der Waals surface area contributed by atoms with Gasteiger partial charge in [-0.1, -0.05) is 30.3 Å². The molecule has 150 valence electrons. The van der Waals surface area contributed by atoms with Crippen molar-refractivity contribution in [3.05, 3.63) is 70.0 Å². The maximum Gasteiger partial charge on any atom is 0.586 e. The minimum Gasteiger partial charge on any atom is -0.395 e. The van der Waals surface area contributed by atoms with Crippen LogP contribution in [0.1, 0.15) is 10.4 Å². The fourth-order valence-corrected chi connectivity index (χ4v) is 3.72. The highest BCUT2D eigenvalue weighted by atomic mass is 32.1. The molecule has 2 aromatic carbocycles. The van der Waals surface area contributed by atoms with Gasteiger partial charge in [-0.05, 0) is 24.6 Å². The van der Waals surface area contributed by atoms with Gasteiger partial charge >= 0.3 is 12.3 Å². The van der Waals surface area contributed by atoms with Crippen molar-refractivity contribution in [3.8, 4) is 17.2 Å². The number of rotatable bonds is 3. The molecule has 29 heavy (non-hydrogen) atoms. The van der Waals surface area contributed by atoms with E-state index in [-0.39, 0.29) is 11.5 Å². The number of halogens is 2. The van der Waals surface area contributed by atoms with Crippen molar-refractivity contribution in [3.63, 3.8) is 0 Å². The van der Waals surface area contributed by atoms with Gasteiger partial charge in [-0.15, -0.1) is 20.1 Å². The molecule has 0 atom stereocenters. The number of hydrogen-bond acceptors (Lipinski definition) is 4. The minimum absolute atomic E-state index is 0.0385. The van der Waals surface area contributed by atoms with Crippen LogP contribution in [0.3, 0.4) is 0 Å². The molecular weight excluding hydrogens is 400 g/mol. The third-order valence-electron chi connectivity index (χ3n) is 4.21. The number of fused-ring (bicyclic) bond motifs is 1. The molecule has 0 N–H and O–H groups in total. The molecule has 9 heteroatoms. The second kappa shape index (κ2) is 7.32. The van der Waals surface area contributed by atoms with E-state index >= 15 is 0 Å². The van der Waals surface area contributed by atoms with Gasteiger partial charge in [0.05, 0.1) is 5.69 Å². The number of aromatic nitrogens is 1. The Labute approximate surface area is 169 Å². The zero-order chi connectivity index (χ0) is 20.6. The van der Waals surface area contributed by atoms with Crippen LogP contribution in [0.4, 0.5) is 13.6 Å². The van der Waals surface area contributed by atoms with E-state index < -0.39 is 12.3 Å². The number of urea groups is 1. The van der Waals surface area contributed by atoms with E-state index in [9.17, 15) is 13.6 Å². The summed E-state index contributed by atoms with van der Waals surface area (Å²) in [6, 6.07) is 13.6. The van der Waals surface area contributed by atoms with E-state index in [0.717, 1.165) is 10.4 Å². The SMILES string of the molecule is Cc1cn(-c2ccc3c(c2)OC(F)(F)O3)/c(=N/C(=O)N(C)Cc2ccccc2)s1. The average molecular weight is 417 g/mol. The standard InChI is InChI=1S/C20H17F2N3O3S/c1-13-11-25(15-8-9-16-17(10-15)28-20(21,22)27-16)19(29-13)23-18(26)24(2)12-14-6-4-3-5-7-14/h3-11H,12H2,1-2H3/b23-19-. The van der Waals surface area contributed by atoms with Crippen molar-refractivity contribution < 1.29 is 23.0 Å². The van der Waals surface area contributed by atoms with Gasteiger partial charge in [0.25, 0.3) is 0 Å². The number of carbonyl (C=O) groups is 1. The Morgan fingerprint density at radius 2 is 1.90 bits per heavy atom. The molecule has 2 amide bonds. The monoisotopic (exact) mass is 417 g/mol. The molecule has 1 aliphatic heterocycles. The molecule has 0 bridgehead atoms. The highest BCUT2D eigenvalue weighted by Crippen LogP contribution is 2.41. The van der Waals surface area contributed by atoms with Crippen LogP contribution in [0.25, 0.3) is 5.69 Å². The lowest BCUT2D eigenvalue weighted by atomic mass is 10.2. The Balaban J connectivity index is 1.63. The summed E-state index contributed by atoms with van der Waals surface area (Å²) in [5.41, 5.74) is 1.53. The Hall–Kier alpha value is -3.20. The molecule has 0 unspecified atom stereocenters. The summed E-state index contributed by atoms with van der Waals surface area (Å²) < 4.78 is 37.2. The van der Waals surface area contributed by atoms with Crippen molar-refractivity contribution in [2.45, 2.75) is 19.8 Å². The number of thiazole rings is 1. The van der Waals surface area contributed by atoms with Crippen molar-refractivity contribution >= 4 is 17.4 Å². The second-order valence-corrected chi connectivity index (χ2v) is 7.74. The highest BCUT2D eigenvalue weighted by Gasteiger charge is 2.43. The van der Waals surface area contributed by atoms with Crippen LogP contribution in [0.5, 0.6) is 11.5 Å². The molecule has 0 fully saturated rings. The molecule has 4 rings (SSSR count). The molecule has 0 saturated carbocycles. The van der Waals surface area contributed by atoms with Crippen LogP contribution in [0, 0.1) is 6.92 Å². The minimum atomic E-state index is -3.68. The van der Waals surface area contributed by atoms with E-state index in [4.69, 9.17) is 0 Å². The van der Waals surface area contributed by atoms with Gasteiger partial charge in [-0.2, -0.15) is 4.99 Å². The Kier molecular flexibility index (Phi) is 4.83. The van der Waals surface area contributed by atoms with Crippen LogP contribution in [0.2, 0.25) is 0 Å². The summed E-state index contributed by atoms with van der Waals surface area (Å²) >= 11 is 1.32. The molecule has 6 nitrogen and oxygen atoms in total. The second-order valence-electron chi connectivity index (χ2n) is 6.53. The number of benzene rings is 2. The lowest BCUT2D eigenvalue weighted by Crippen LogP contribution is -2.26. The number of carbonyl (C=O) groups excluding carboxylic acids is 1. The third kappa shape index (κ3) is 4.14. The van der Waals surface area contributed by atoms with Gasteiger partial charge < -0.3 is 14.4 Å². The largest absolute Gasteiger partial charge is 0.586 e. The molecule has 0 saturated heterocycles. The lowest BCUT2D eigenvalue weighted by molar-refractivity contribution is -0.286. The maximum atomic E-state index is 13.3. The average Bonchev–Trinajstić information content (AvgIpc) is 3.19. The molecular formula is C20H17F2N3O3S. The molecule has 0 spiro atoms. The zero-order valence-electron chi connectivity index (χ0n) is 15.6. The summed E-state index contributed by atoms with van der Waals surface area (Å²) in [6.45, 7) is 2.30. The van der Waals surface area contributed by atoms with E-state index in [2.05, 4.69) is 14.5 Å². The highest BCUT2D eigenvalue weighted by molar-refractivity contribution is 7.09. The van der Waals surface area contributed by atoms with Gasteiger partial charge in [0.15, 0.2) is 16.3 Å². The lowest BCUT2D eigenvalue weighted by Gasteiger charge is -2.14. The summed E-state index contributed by atoms with van der Waals surface area (Å²) in [7, 11) is 1.67. The summed E-state index contributed by atoms with van der Waals surface area (Å²) in [5.74, 6) is -0.106. The number of ether oxygens (including phenoxy) is 2. The van der Waals surface area contributed by atoms with Crippen LogP contribution in [-0.4, -0.2) is 28.8 Å². The van der Waals surface area contributed by atoms with Gasteiger partial charge in [0.2, 0.25) is 0 Å². The van der Waals surface area contributed by atoms with E-state index in [1.54, 1.807) is 23.9 Å². The first kappa shape index (κ1) is 19.1. The molecule has 1 aliphatic rings. The van der Waals surface area contributed by atoms with Gasteiger partial charge in [0, 0.05) is 30.7 Å². The Morgan fingerprint density at radius 3 is 2.66 bits per heavy atom. The molecule has 3 aromatic rings. The quantitative estimate of drug-likeness (QED) is 0.638. The number of nitrogens with zero attached hydrogens (tertiary/aromatic N) is 3. The van der Waals surface area contributed by atoms with Crippen molar-refractivity contribution in [1.29, 1.82) is 0 Å². The fraction of sp³-hybridized carbons (Fsp3) is 0.200. The van der Waals surface area contributed by atoms with Crippen LogP contribution in [0.15, 0.2) is 59.7 Å². The molecule has 1 aromatic heterocycles. The Morgan fingerprint density at radius 1 is 1.17 bits per heavy atom. The molecule has 0 aliphatic carbocycles. The topological polar surface area (TPSA) is 56.1 Å². The normalized spacial score (nSPS) is 14.8. The van der Waals surface area contributed by atoms with Crippen LogP contribution in [-0.2, 0) is 6.54 Å². The predicted molar refractivity (Wildman–Crippen MR) is 103 cm³/mol. The van der Waals surface area contributed by atoms with Crippen LogP contribution < -0.4 is 14.3 Å². The van der Waals surface area contributed by atoms with E-state index in [1.165, 1.54) is 28.4 Å². The third-order valence-corrected chi connectivity index (χ3v) is 5.11. The number of alkyl halides is 2. The number of hydrogen-bond donors (Lipinski definition) is 0. The van der Waals surface area contributed by atoms with E-state index in [1.807, 2.05) is 37.3 Å². The predicted octanol–water partition coefficient (Wildman–Crippen LogP) is 4.32. The molecule has 2 heterocycles. The first-order valence-corrected chi connectivity index (χ1v) is 9.55. The number of amides is 2. The fourth-order valence-electron chi connectivity index (χ4n) is 2.90. The summed E-state index contributed by atoms with van der Waals surface area (Å²) in [5, 5.41) is 0. The number of aryl methyl sites for hydroxylation is 1. The van der Waals surface area contributed by atoms with Crippen molar-refractivity contribution in [2.75, 3.05) is 7.05 Å². The smallest absolute Gasteiger partial charge is 0.395 e. The zero-order valence-corrected chi connectivity index (χ0v) is 16.5.